The first kappa shape index (κ1) is 13.6. The highest BCUT2D eigenvalue weighted by atomic mass is 35.5. The summed E-state index contributed by atoms with van der Waals surface area (Å²) in [6.07, 6.45) is 8.04. The fraction of sp³-hybridized carbons (Fsp3) is 0.467. The Balaban J connectivity index is 2.18. The molecular weight excluding hydrogens is 251 g/mol. The molecule has 0 aliphatic heterocycles. The first-order valence-electron chi connectivity index (χ1n) is 6.50. The van der Waals surface area contributed by atoms with Crippen LogP contribution in [0.3, 0.4) is 0 Å². The van der Waals surface area contributed by atoms with E-state index in [1.54, 1.807) is 6.07 Å². The minimum atomic E-state index is -0.699. The molecule has 0 saturated carbocycles. The number of aliphatic hydroxyl groups is 1. The van der Waals surface area contributed by atoms with Gasteiger partial charge in [-0.25, -0.2) is 4.39 Å². The molecule has 1 nitrogen and oxygen atoms in total. The van der Waals surface area contributed by atoms with Crippen LogP contribution in [-0.4, -0.2) is 5.11 Å². The molecule has 0 spiro atoms. The highest BCUT2D eigenvalue weighted by Gasteiger charge is 2.15. The maximum Gasteiger partial charge on any atom is 0.142 e. The van der Waals surface area contributed by atoms with Gasteiger partial charge >= 0.3 is 0 Å². The quantitative estimate of drug-likeness (QED) is 0.765. The zero-order chi connectivity index (χ0) is 13.0. The topological polar surface area (TPSA) is 20.2 Å². The summed E-state index contributed by atoms with van der Waals surface area (Å²) >= 11 is 5.65. The van der Waals surface area contributed by atoms with Crippen molar-refractivity contribution in [1.82, 2.24) is 0 Å². The summed E-state index contributed by atoms with van der Waals surface area (Å²) < 4.78 is 13.4. The summed E-state index contributed by atoms with van der Waals surface area (Å²) in [5.41, 5.74) is 1.60. The summed E-state index contributed by atoms with van der Waals surface area (Å²) in [4.78, 5) is 0. The molecule has 1 unspecified atom stereocenters. The molecule has 0 radical (unpaired) electrons. The zero-order valence-corrected chi connectivity index (χ0v) is 11.1. The summed E-state index contributed by atoms with van der Waals surface area (Å²) in [6, 6.07) is 4.52. The van der Waals surface area contributed by atoms with E-state index in [4.69, 9.17) is 11.6 Å². The molecule has 0 saturated heterocycles. The normalized spacial score (nSPS) is 21.6. The molecule has 2 rings (SSSR count). The Hall–Kier alpha value is -0.860. The Bertz CT molecular complexity index is 442. The summed E-state index contributed by atoms with van der Waals surface area (Å²) in [7, 11) is 0. The number of benzene rings is 1. The fourth-order valence-electron chi connectivity index (χ4n) is 2.36. The maximum atomic E-state index is 13.4. The van der Waals surface area contributed by atoms with Crippen LogP contribution in [0, 0.1) is 5.82 Å². The second-order valence-electron chi connectivity index (χ2n) is 4.81. The largest absolute Gasteiger partial charge is 0.384 e. The molecule has 98 valence electrons. The number of halogens is 2. The van der Waals surface area contributed by atoms with Crippen LogP contribution in [0.15, 0.2) is 29.8 Å². The third kappa shape index (κ3) is 3.33. The highest BCUT2D eigenvalue weighted by Crippen LogP contribution is 2.30. The highest BCUT2D eigenvalue weighted by molar-refractivity contribution is 6.30. The summed E-state index contributed by atoms with van der Waals surface area (Å²) in [5.74, 6) is -0.473. The molecule has 0 fully saturated rings. The van der Waals surface area contributed by atoms with Crippen molar-refractivity contribution in [1.29, 1.82) is 0 Å². The van der Waals surface area contributed by atoms with Gasteiger partial charge in [0.05, 0.1) is 5.02 Å². The van der Waals surface area contributed by atoms with Crippen molar-refractivity contribution in [3.63, 3.8) is 0 Å². The van der Waals surface area contributed by atoms with E-state index in [2.05, 4.69) is 6.08 Å². The van der Waals surface area contributed by atoms with E-state index >= 15 is 0 Å². The molecule has 3 heteroatoms. The lowest BCUT2D eigenvalue weighted by Crippen LogP contribution is -2.04. The van der Waals surface area contributed by atoms with Crippen molar-refractivity contribution in [2.75, 3.05) is 0 Å². The van der Waals surface area contributed by atoms with Gasteiger partial charge in [0.25, 0.3) is 0 Å². The van der Waals surface area contributed by atoms with Crippen molar-refractivity contribution >= 4 is 11.6 Å². The molecule has 1 aromatic rings. The lowest BCUT2D eigenvalue weighted by molar-refractivity contribution is 0.208. The average molecular weight is 269 g/mol. The smallest absolute Gasteiger partial charge is 0.142 e. The fourth-order valence-corrected chi connectivity index (χ4v) is 2.48. The molecule has 1 aromatic carbocycles. The monoisotopic (exact) mass is 268 g/mol. The van der Waals surface area contributed by atoms with Gasteiger partial charge in [-0.1, -0.05) is 36.6 Å². The minimum Gasteiger partial charge on any atom is -0.384 e. The minimum absolute atomic E-state index is 0.0950. The van der Waals surface area contributed by atoms with Gasteiger partial charge in [-0.2, -0.15) is 0 Å². The predicted molar refractivity (Wildman–Crippen MR) is 72.2 cm³/mol. The molecule has 0 bridgehead atoms. The molecule has 1 atom stereocenters. The lowest BCUT2D eigenvalue weighted by atomic mass is 9.93. The van der Waals surface area contributed by atoms with Crippen LogP contribution in [0.5, 0.6) is 0 Å². The molecular formula is C15H18ClFO. The van der Waals surface area contributed by atoms with E-state index < -0.39 is 11.9 Å². The van der Waals surface area contributed by atoms with Crippen LogP contribution >= 0.6 is 11.6 Å². The zero-order valence-electron chi connectivity index (χ0n) is 10.3. The van der Waals surface area contributed by atoms with Gasteiger partial charge in [0.2, 0.25) is 0 Å². The third-order valence-electron chi connectivity index (χ3n) is 3.44. The standard InChI is InChI=1S/C15H18ClFO/c16-13-9-8-12(10-14(13)17)15(18)11-6-4-2-1-3-5-7-11/h6,8-10,15,18H,1-5,7H2/b11-6+. The SMILES string of the molecule is OC(/C1=C/CCCCCC1)c1ccc(Cl)c(F)c1. The maximum absolute atomic E-state index is 13.4. The summed E-state index contributed by atoms with van der Waals surface area (Å²) in [6.45, 7) is 0. The Labute approximate surface area is 112 Å². The van der Waals surface area contributed by atoms with Crippen molar-refractivity contribution in [3.05, 3.63) is 46.3 Å². The lowest BCUT2D eigenvalue weighted by Gasteiger charge is -2.18. The molecule has 18 heavy (non-hydrogen) atoms. The van der Waals surface area contributed by atoms with Gasteiger partial charge in [0.15, 0.2) is 0 Å². The van der Waals surface area contributed by atoms with Gasteiger partial charge in [-0.3, -0.25) is 0 Å². The second-order valence-corrected chi connectivity index (χ2v) is 5.22. The van der Waals surface area contributed by atoms with Crippen LogP contribution < -0.4 is 0 Å². The van der Waals surface area contributed by atoms with Crippen LogP contribution in [0.25, 0.3) is 0 Å². The summed E-state index contributed by atoms with van der Waals surface area (Å²) in [5, 5.41) is 10.4. The van der Waals surface area contributed by atoms with E-state index in [0.29, 0.717) is 5.56 Å². The van der Waals surface area contributed by atoms with E-state index in [1.165, 1.54) is 31.4 Å². The van der Waals surface area contributed by atoms with E-state index in [-0.39, 0.29) is 5.02 Å². The third-order valence-corrected chi connectivity index (χ3v) is 3.74. The molecule has 0 heterocycles. The predicted octanol–water partition coefficient (Wildman–Crippen LogP) is 4.79. The Morgan fingerprint density at radius 3 is 2.72 bits per heavy atom. The first-order chi connectivity index (χ1) is 8.68. The van der Waals surface area contributed by atoms with Crippen molar-refractivity contribution in [2.45, 2.75) is 44.6 Å². The van der Waals surface area contributed by atoms with E-state index in [9.17, 15) is 9.50 Å². The van der Waals surface area contributed by atoms with Crippen LogP contribution in [-0.2, 0) is 0 Å². The first-order valence-corrected chi connectivity index (χ1v) is 6.88. The Kier molecular flexibility index (Phi) is 4.79. The molecule has 0 aromatic heterocycles. The van der Waals surface area contributed by atoms with Crippen molar-refractivity contribution < 1.29 is 9.50 Å². The van der Waals surface area contributed by atoms with Crippen molar-refractivity contribution in [3.8, 4) is 0 Å². The van der Waals surface area contributed by atoms with Gasteiger partial charge in [0, 0.05) is 0 Å². The molecule has 0 amide bonds. The number of allylic oxidation sites excluding steroid dienone is 1. The van der Waals surface area contributed by atoms with Crippen LogP contribution in [0.4, 0.5) is 4.39 Å². The van der Waals surface area contributed by atoms with Gasteiger partial charge in [0.1, 0.15) is 11.9 Å². The Morgan fingerprint density at radius 1 is 1.17 bits per heavy atom. The molecule has 1 N–H and O–H groups in total. The number of hydrogen-bond acceptors (Lipinski definition) is 1. The molecule has 1 aliphatic carbocycles. The van der Waals surface area contributed by atoms with Crippen LogP contribution in [0.1, 0.15) is 50.2 Å². The number of aliphatic hydroxyl groups excluding tert-OH is 1. The number of rotatable bonds is 2. The van der Waals surface area contributed by atoms with E-state index in [0.717, 1.165) is 24.8 Å². The van der Waals surface area contributed by atoms with Gasteiger partial charge in [-0.15, -0.1) is 0 Å². The number of hydrogen-bond donors (Lipinski definition) is 1. The van der Waals surface area contributed by atoms with Crippen LogP contribution in [0.2, 0.25) is 5.02 Å². The van der Waals surface area contributed by atoms with E-state index in [1.807, 2.05) is 0 Å². The molecule has 1 aliphatic rings. The van der Waals surface area contributed by atoms with Crippen molar-refractivity contribution in [2.24, 2.45) is 0 Å². The second kappa shape index (κ2) is 6.35. The van der Waals surface area contributed by atoms with Gasteiger partial charge in [-0.05, 0) is 49.0 Å². The van der Waals surface area contributed by atoms with Gasteiger partial charge < -0.3 is 5.11 Å². The Morgan fingerprint density at radius 2 is 1.94 bits per heavy atom. The average Bonchev–Trinajstić information content (AvgIpc) is 2.31.